The van der Waals surface area contributed by atoms with Crippen LogP contribution in [0.3, 0.4) is 0 Å². The molecule has 6 atom stereocenters. The van der Waals surface area contributed by atoms with Crippen LogP contribution in [0, 0.1) is 28.6 Å². The molecule has 0 heterocycles. The van der Waals surface area contributed by atoms with Gasteiger partial charge in [-0.2, -0.15) is 4.39 Å². The topological polar surface area (TPSA) is 46.5 Å². The fourth-order valence-electron chi connectivity index (χ4n) is 7.13. The van der Waals surface area contributed by atoms with E-state index in [9.17, 15) is 14.3 Å². The zero-order valence-corrected chi connectivity index (χ0v) is 16.9. The first-order chi connectivity index (χ1) is 12.8. The second-order valence-corrected chi connectivity index (χ2v) is 9.66. The van der Waals surface area contributed by atoms with E-state index in [1.54, 1.807) is 6.92 Å². The maximum Gasteiger partial charge on any atom is 0.367 e. The Morgan fingerprint density at radius 2 is 1.93 bits per heavy atom. The molecule has 0 aromatic rings. The van der Waals surface area contributed by atoms with Gasteiger partial charge in [-0.05, 0) is 92.4 Å². The van der Waals surface area contributed by atoms with E-state index in [-0.39, 0.29) is 23.5 Å². The minimum atomic E-state index is -0.782. The van der Waals surface area contributed by atoms with Crippen molar-refractivity contribution in [2.45, 2.75) is 78.2 Å². The molecule has 3 unspecified atom stereocenters. The molecular weight excluding hydrogens is 343 g/mol. The van der Waals surface area contributed by atoms with E-state index < -0.39 is 11.8 Å². The van der Waals surface area contributed by atoms with Crippen LogP contribution in [0.15, 0.2) is 23.0 Å². The number of carbonyl (C=O) groups is 1. The summed E-state index contributed by atoms with van der Waals surface area (Å²) in [5.74, 6) is 0.205. The Morgan fingerprint density at radius 3 is 2.67 bits per heavy atom. The van der Waals surface area contributed by atoms with Crippen molar-refractivity contribution in [3.05, 3.63) is 23.0 Å². The molecule has 4 aliphatic rings. The van der Waals surface area contributed by atoms with Crippen molar-refractivity contribution in [1.29, 1.82) is 0 Å². The minimum absolute atomic E-state index is 0.186. The molecule has 3 nitrogen and oxygen atoms in total. The predicted molar refractivity (Wildman–Crippen MR) is 102 cm³/mol. The van der Waals surface area contributed by atoms with Crippen LogP contribution in [0.5, 0.6) is 0 Å². The Bertz CT molecular complexity index is 696. The van der Waals surface area contributed by atoms with Crippen LogP contribution in [-0.2, 0) is 9.53 Å². The third kappa shape index (κ3) is 2.82. The van der Waals surface area contributed by atoms with Crippen molar-refractivity contribution in [2.75, 3.05) is 6.61 Å². The molecule has 0 bridgehead atoms. The molecular formula is C23H33FO3. The zero-order valence-electron chi connectivity index (χ0n) is 16.9. The standard InChI is InChI=1S/C23H33FO3/c1-4-27-21(26)20(24)19-8-7-17-16-6-5-14-13-15(25)9-11-22(14,2)18(16)10-12-23(17,19)3/h5,15-18,25H,4,6-13H2,1-3H3/b20-19-/t15-,16?,17?,18?,22-,23-/m0/s1. The Balaban J connectivity index is 1.65. The van der Waals surface area contributed by atoms with Crippen molar-refractivity contribution in [3.63, 3.8) is 0 Å². The van der Waals surface area contributed by atoms with Crippen LogP contribution in [0.2, 0.25) is 0 Å². The fraction of sp³-hybridized carbons (Fsp3) is 0.783. The highest BCUT2D eigenvalue weighted by Gasteiger charge is 2.58. The van der Waals surface area contributed by atoms with Gasteiger partial charge in [-0.1, -0.05) is 25.5 Å². The largest absolute Gasteiger partial charge is 0.461 e. The normalized spacial score (nSPS) is 45.3. The highest BCUT2D eigenvalue weighted by Crippen LogP contribution is 2.66. The number of fused-ring (bicyclic) bond motifs is 5. The summed E-state index contributed by atoms with van der Waals surface area (Å²) < 4.78 is 19.8. The zero-order chi connectivity index (χ0) is 19.4. The lowest BCUT2D eigenvalue weighted by Crippen LogP contribution is -2.49. The summed E-state index contributed by atoms with van der Waals surface area (Å²) in [7, 11) is 0. The second-order valence-electron chi connectivity index (χ2n) is 9.66. The summed E-state index contributed by atoms with van der Waals surface area (Å²) in [5, 5.41) is 10.1. The van der Waals surface area contributed by atoms with Gasteiger partial charge in [0.05, 0.1) is 12.7 Å². The molecule has 4 rings (SSSR count). The van der Waals surface area contributed by atoms with Crippen molar-refractivity contribution in [2.24, 2.45) is 28.6 Å². The van der Waals surface area contributed by atoms with Crippen molar-refractivity contribution in [3.8, 4) is 0 Å². The first-order valence-electron chi connectivity index (χ1n) is 10.7. The van der Waals surface area contributed by atoms with Crippen LogP contribution in [0.1, 0.15) is 72.1 Å². The van der Waals surface area contributed by atoms with E-state index in [1.165, 1.54) is 5.57 Å². The Labute approximate surface area is 162 Å². The van der Waals surface area contributed by atoms with Gasteiger partial charge >= 0.3 is 5.97 Å². The van der Waals surface area contributed by atoms with Gasteiger partial charge < -0.3 is 9.84 Å². The molecule has 4 heteroatoms. The molecule has 3 fully saturated rings. The minimum Gasteiger partial charge on any atom is -0.461 e. The molecule has 0 amide bonds. The molecule has 0 saturated heterocycles. The maximum atomic E-state index is 14.9. The first kappa shape index (κ1) is 19.2. The molecule has 0 aliphatic heterocycles. The monoisotopic (exact) mass is 376 g/mol. The number of hydrogen-bond acceptors (Lipinski definition) is 3. The van der Waals surface area contributed by atoms with Crippen LogP contribution >= 0.6 is 0 Å². The number of aliphatic hydroxyl groups excluding tert-OH is 1. The molecule has 0 aromatic carbocycles. The van der Waals surface area contributed by atoms with Crippen molar-refractivity contribution >= 4 is 5.97 Å². The van der Waals surface area contributed by atoms with E-state index in [0.717, 1.165) is 44.9 Å². The van der Waals surface area contributed by atoms with Crippen molar-refractivity contribution < 1.29 is 19.0 Å². The number of ether oxygens (including phenoxy) is 1. The van der Waals surface area contributed by atoms with Gasteiger partial charge in [-0.15, -0.1) is 0 Å². The third-order valence-electron chi connectivity index (χ3n) is 8.58. The predicted octanol–water partition coefficient (Wildman–Crippen LogP) is 5.10. The highest BCUT2D eigenvalue weighted by atomic mass is 19.1. The number of esters is 1. The fourth-order valence-corrected chi connectivity index (χ4v) is 7.13. The molecule has 0 radical (unpaired) electrons. The van der Waals surface area contributed by atoms with Crippen LogP contribution in [0.25, 0.3) is 0 Å². The lowest BCUT2D eigenvalue weighted by Gasteiger charge is -2.57. The number of allylic oxidation sites excluding steroid dienone is 2. The Hall–Kier alpha value is -1.16. The molecule has 0 aromatic heterocycles. The van der Waals surface area contributed by atoms with E-state index in [0.29, 0.717) is 29.7 Å². The van der Waals surface area contributed by atoms with Gasteiger partial charge in [0.2, 0.25) is 5.83 Å². The molecule has 1 N–H and O–H groups in total. The summed E-state index contributed by atoms with van der Waals surface area (Å²) in [5.41, 5.74) is 2.14. The maximum absolute atomic E-state index is 14.9. The van der Waals surface area contributed by atoms with Gasteiger partial charge in [-0.25, -0.2) is 4.79 Å². The van der Waals surface area contributed by atoms with Gasteiger partial charge in [0.15, 0.2) is 0 Å². The molecule has 4 aliphatic carbocycles. The molecule has 3 saturated carbocycles. The summed E-state index contributed by atoms with van der Waals surface area (Å²) in [6.07, 6.45) is 9.71. The first-order valence-corrected chi connectivity index (χ1v) is 10.7. The van der Waals surface area contributed by atoms with Crippen LogP contribution in [0.4, 0.5) is 4.39 Å². The van der Waals surface area contributed by atoms with E-state index in [1.807, 2.05) is 0 Å². The quantitative estimate of drug-likeness (QED) is 0.414. The number of rotatable bonds is 2. The summed E-state index contributed by atoms with van der Waals surface area (Å²) >= 11 is 0. The summed E-state index contributed by atoms with van der Waals surface area (Å²) in [4.78, 5) is 12.0. The smallest absolute Gasteiger partial charge is 0.367 e. The molecule has 0 spiro atoms. The summed E-state index contributed by atoms with van der Waals surface area (Å²) in [6.45, 7) is 6.51. The van der Waals surface area contributed by atoms with Crippen LogP contribution < -0.4 is 0 Å². The number of carbonyl (C=O) groups excluding carboxylic acids is 1. The van der Waals surface area contributed by atoms with E-state index >= 15 is 0 Å². The lowest BCUT2D eigenvalue weighted by molar-refractivity contribution is -0.140. The third-order valence-corrected chi connectivity index (χ3v) is 8.58. The number of aliphatic hydroxyl groups is 1. The number of hydrogen-bond donors (Lipinski definition) is 1. The van der Waals surface area contributed by atoms with Crippen LogP contribution in [-0.4, -0.2) is 23.8 Å². The average molecular weight is 377 g/mol. The average Bonchev–Trinajstić information content (AvgIpc) is 2.99. The van der Waals surface area contributed by atoms with Crippen molar-refractivity contribution in [1.82, 2.24) is 0 Å². The van der Waals surface area contributed by atoms with Gasteiger partial charge in [0.1, 0.15) is 0 Å². The van der Waals surface area contributed by atoms with Gasteiger partial charge in [0, 0.05) is 0 Å². The summed E-state index contributed by atoms with van der Waals surface area (Å²) in [6, 6.07) is 0. The van der Waals surface area contributed by atoms with E-state index in [2.05, 4.69) is 19.9 Å². The van der Waals surface area contributed by atoms with Gasteiger partial charge in [0.25, 0.3) is 0 Å². The highest BCUT2D eigenvalue weighted by molar-refractivity contribution is 5.87. The van der Waals surface area contributed by atoms with Gasteiger partial charge in [-0.3, -0.25) is 0 Å². The Kier molecular flexibility index (Phi) is 4.77. The Morgan fingerprint density at radius 1 is 1.22 bits per heavy atom. The number of halogens is 1. The molecule has 150 valence electrons. The second kappa shape index (κ2) is 6.72. The molecule has 27 heavy (non-hydrogen) atoms. The lowest BCUT2D eigenvalue weighted by atomic mass is 9.48. The SMILES string of the molecule is CCOC(=O)/C(F)=C1\CCC2C3CC=C4C[C@@H](O)CC[C@]4(C)C3CC[C@]12C. The van der Waals surface area contributed by atoms with E-state index in [4.69, 9.17) is 4.74 Å².